The van der Waals surface area contributed by atoms with E-state index in [-0.39, 0.29) is 24.3 Å². The highest BCUT2D eigenvalue weighted by molar-refractivity contribution is 5.78. The lowest BCUT2D eigenvalue weighted by Gasteiger charge is -2.12. The fourth-order valence-electron chi connectivity index (χ4n) is 1.51. The van der Waals surface area contributed by atoms with Crippen LogP contribution in [0.25, 0.3) is 0 Å². The number of ether oxygens (including phenoxy) is 2. The minimum absolute atomic E-state index is 0.0282. The summed E-state index contributed by atoms with van der Waals surface area (Å²) in [7, 11) is 1.45. The Hall–Kier alpha value is -2.05. The SMILES string of the molecule is COc1ccc(CN=C(N)NC(C)C)c(OC(F)F)c1. The lowest BCUT2D eigenvalue weighted by Crippen LogP contribution is -2.36. The van der Waals surface area contributed by atoms with E-state index in [0.717, 1.165) is 0 Å². The Kier molecular flexibility index (Phi) is 6.02. The van der Waals surface area contributed by atoms with E-state index < -0.39 is 6.61 Å². The van der Waals surface area contributed by atoms with Crippen LogP contribution >= 0.6 is 0 Å². The molecule has 0 aliphatic carbocycles. The summed E-state index contributed by atoms with van der Waals surface area (Å²) in [5.74, 6) is 0.709. The molecule has 1 aromatic rings. The molecule has 20 heavy (non-hydrogen) atoms. The van der Waals surface area contributed by atoms with Gasteiger partial charge in [0, 0.05) is 17.7 Å². The van der Waals surface area contributed by atoms with Crippen LogP contribution in [0.1, 0.15) is 19.4 Å². The number of hydrogen-bond donors (Lipinski definition) is 2. The number of nitrogens with zero attached hydrogens (tertiary/aromatic N) is 1. The van der Waals surface area contributed by atoms with E-state index in [1.165, 1.54) is 13.2 Å². The predicted molar refractivity (Wildman–Crippen MR) is 73.2 cm³/mol. The molecule has 1 aromatic carbocycles. The Morgan fingerprint density at radius 1 is 1.40 bits per heavy atom. The van der Waals surface area contributed by atoms with Crippen LogP contribution in [0.4, 0.5) is 8.78 Å². The average molecular weight is 287 g/mol. The van der Waals surface area contributed by atoms with Crippen LogP contribution < -0.4 is 20.5 Å². The second-order valence-corrected chi connectivity index (χ2v) is 4.35. The van der Waals surface area contributed by atoms with Crippen LogP contribution in [0.5, 0.6) is 11.5 Å². The summed E-state index contributed by atoms with van der Waals surface area (Å²) in [6.45, 7) is 1.07. The summed E-state index contributed by atoms with van der Waals surface area (Å²) in [5.41, 5.74) is 6.15. The van der Waals surface area contributed by atoms with Gasteiger partial charge in [0.1, 0.15) is 11.5 Å². The molecule has 0 saturated heterocycles. The standard InChI is InChI=1S/C13H19F2N3O2/c1-8(2)18-13(16)17-7-9-4-5-10(19-3)6-11(9)20-12(14)15/h4-6,8,12H,7H2,1-3H3,(H3,16,17,18). The first-order valence-corrected chi connectivity index (χ1v) is 6.10. The van der Waals surface area contributed by atoms with Crippen molar-refractivity contribution in [3.8, 4) is 11.5 Å². The van der Waals surface area contributed by atoms with Crippen LogP contribution in [-0.2, 0) is 6.54 Å². The molecule has 0 amide bonds. The molecule has 1 rings (SSSR count). The molecule has 3 N–H and O–H groups in total. The molecule has 0 aliphatic rings. The van der Waals surface area contributed by atoms with Crippen LogP contribution in [0.2, 0.25) is 0 Å². The fourth-order valence-corrected chi connectivity index (χ4v) is 1.51. The highest BCUT2D eigenvalue weighted by Gasteiger charge is 2.11. The maximum Gasteiger partial charge on any atom is 0.387 e. The van der Waals surface area contributed by atoms with E-state index in [9.17, 15) is 8.78 Å². The molecule has 0 bridgehead atoms. The molecule has 0 aromatic heterocycles. The average Bonchev–Trinajstić information content (AvgIpc) is 2.35. The van der Waals surface area contributed by atoms with Crippen molar-refractivity contribution in [2.24, 2.45) is 10.7 Å². The molecule has 0 atom stereocenters. The van der Waals surface area contributed by atoms with Crippen molar-refractivity contribution in [3.63, 3.8) is 0 Å². The summed E-state index contributed by atoms with van der Waals surface area (Å²) in [4.78, 5) is 4.08. The normalized spacial score (nSPS) is 11.8. The van der Waals surface area contributed by atoms with Crippen molar-refractivity contribution < 1.29 is 18.3 Å². The zero-order valence-corrected chi connectivity index (χ0v) is 11.7. The van der Waals surface area contributed by atoms with Gasteiger partial charge in [-0.05, 0) is 26.0 Å². The summed E-state index contributed by atoms with van der Waals surface area (Å²) in [5, 5.41) is 2.91. The van der Waals surface area contributed by atoms with E-state index >= 15 is 0 Å². The maximum atomic E-state index is 12.4. The van der Waals surface area contributed by atoms with Gasteiger partial charge in [-0.2, -0.15) is 8.78 Å². The Labute approximate surface area is 116 Å². The third-order valence-corrected chi connectivity index (χ3v) is 2.35. The third-order valence-electron chi connectivity index (χ3n) is 2.35. The maximum absolute atomic E-state index is 12.4. The molecule has 0 heterocycles. The molecular formula is C13H19F2N3O2. The number of halogens is 2. The van der Waals surface area contributed by atoms with Gasteiger partial charge in [0.2, 0.25) is 0 Å². The van der Waals surface area contributed by atoms with E-state index in [4.69, 9.17) is 10.5 Å². The van der Waals surface area contributed by atoms with Gasteiger partial charge in [-0.3, -0.25) is 0 Å². The van der Waals surface area contributed by atoms with E-state index in [0.29, 0.717) is 11.3 Å². The van der Waals surface area contributed by atoms with Crippen molar-refractivity contribution in [1.29, 1.82) is 0 Å². The largest absolute Gasteiger partial charge is 0.497 e. The summed E-state index contributed by atoms with van der Waals surface area (Å²) in [6.07, 6.45) is 0. The minimum atomic E-state index is -2.91. The zero-order valence-electron chi connectivity index (χ0n) is 11.7. The molecular weight excluding hydrogens is 268 g/mol. The van der Waals surface area contributed by atoms with Crippen LogP contribution in [0.15, 0.2) is 23.2 Å². The van der Waals surface area contributed by atoms with Gasteiger partial charge in [-0.1, -0.05) is 0 Å². The molecule has 7 heteroatoms. The summed E-state index contributed by atoms with van der Waals surface area (Å²) >= 11 is 0. The van der Waals surface area contributed by atoms with Crippen molar-refractivity contribution in [1.82, 2.24) is 5.32 Å². The molecule has 0 aliphatic heterocycles. The first-order chi connectivity index (χ1) is 9.42. The van der Waals surface area contributed by atoms with Crippen LogP contribution in [-0.4, -0.2) is 25.7 Å². The highest BCUT2D eigenvalue weighted by Crippen LogP contribution is 2.26. The lowest BCUT2D eigenvalue weighted by atomic mass is 10.2. The van der Waals surface area contributed by atoms with Gasteiger partial charge in [0.15, 0.2) is 5.96 Å². The van der Waals surface area contributed by atoms with Gasteiger partial charge in [-0.25, -0.2) is 4.99 Å². The van der Waals surface area contributed by atoms with Gasteiger partial charge in [-0.15, -0.1) is 0 Å². The minimum Gasteiger partial charge on any atom is -0.497 e. The molecule has 0 fully saturated rings. The molecule has 0 radical (unpaired) electrons. The van der Waals surface area contributed by atoms with Gasteiger partial charge in [0.05, 0.1) is 13.7 Å². The Morgan fingerprint density at radius 3 is 2.65 bits per heavy atom. The quantitative estimate of drug-likeness (QED) is 0.621. The lowest BCUT2D eigenvalue weighted by molar-refractivity contribution is -0.0505. The predicted octanol–water partition coefficient (Wildman–Crippen LogP) is 2.11. The highest BCUT2D eigenvalue weighted by atomic mass is 19.3. The molecule has 5 nitrogen and oxygen atoms in total. The number of aliphatic imine (C=N–C) groups is 1. The van der Waals surface area contributed by atoms with Gasteiger partial charge in [0.25, 0.3) is 0 Å². The third kappa shape index (κ3) is 5.29. The molecule has 0 spiro atoms. The van der Waals surface area contributed by atoms with Crippen molar-refractivity contribution >= 4 is 5.96 Å². The Balaban J connectivity index is 2.87. The number of hydrogen-bond acceptors (Lipinski definition) is 3. The zero-order chi connectivity index (χ0) is 15.1. The van der Waals surface area contributed by atoms with E-state index in [1.807, 2.05) is 13.8 Å². The van der Waals surface area contributed by atoms with Crippen molar-refractivity contribution in [2.45, 2.75) is 33.0 Å². The summed E-state index contributed by atoms with van der Waals surface area (Å²) < 4.78 is 34.2. The second kappa shape index (κ2) is 7.52. The number of benzene rings is 1. The van der Waals surface area contributed by atoms with Gasteiger partial charge < -0.3 is 20.5 Å². The number of guanidine groups is 1. The number of nitrogens with one attached hydrogen (secondary N) is 1. The van der Waals surface area contributed by atoms with E-state index in [2.05, 4.69) is 15.0 Å². The Bertz CT molecular complexity index is 465. The molecule has 0 saturated carbocycles. The van der Waals surface area contributed by atoms with Crippen LogP contribution in [0, 0.1) is 0 Å². The van der Waals surface area contributed by atoms with Crippen LogP contribution in [0.3, 0.4) is 0 Å². The van der Waals surface area contributed by atoms with Crippen molar-refractivity contribution in [2.75, 3.05) is 7.11 Å². The summed E-state index contributed by atoms with van der Waals surface area (Å²) in [6, 6.07) is 4.80. The number of nitrogens with two attached hydrogens (primary N) is 1. The topological polar surface area (TPSA) is 68.9 Å². The molecule has 112 valence electrons. The Morgan fingerprint density at radius 2 is 2.10 bits per heavy atom. The van der Waals surface area contributed by atoms with Crippen molar-refractivity contribution in [3.05, 3.63) is 23.8 Å². The smallest absolute Gasteiger partial charge is 0.387 e. The fraction of sp³-hybridized carbons (Fsp3) is 0.462. The first kappa shape index (κ1) is 16.0. The monoisotopic (exact) mass is 287 g/mol. The number of methoxy groups -OCH3 is 1. The van der Waals surface area contributed by atoms with E-state index in [1.54, 1.807) is 12.1 Å². The van der Waals surface area contributed by atoms with Gasteiger partial charge >= 0.3 is 6.61 Å². The second-order valence-electron chi connectivity index (χ2n) is 4.35. The first-order valence-electron chi connectivity index (χ1n) is 6.10. The number of alkyl halides is 2. The number of rotatable bonds is 6. The molecule has 0 unspecified atom stereocenters.